The quantitative estimate of drug-likeness (QED) is 0.910. The molecule has 1 unspecified atom stereocenters. The first-order chi connectivity index (χ1) is 9.27. The average molecular weight is 274 g/mol. The number of benzene rings is 1. The summed E-state index contributed by atoms with van der Waals surface area (Å²) in [6.07, 6.45) is 1.75. The molecule has 1 aromatic carbocycles. The van der Waals surface area contributed by atoms with Gasteiger partial charge >= 0.3 is 5.97 Å². The number of carboxylic acid groups (broad SMARTS) is 1. The zero-order valence-corrected chi connectivity index (χ0v) is 11.1. The smallest absolute Gasteiger partial charge is 0.327 e. The molecule has 0 saturated carbocycles. The summed E-state index contributed by atoms with van der Waals surface area (Å²) in [4.78, 5) is 17.7. The van der Waals surface area contributed by atoms with E-state index in [2.05, 4.69) is 4.98 Å². The number of hydrogen-bond acceptors (Lipinski definition) is 4. The molecule has 1 atom stereocenters. The van der Waals surface area contributed by atoms with Crippen LogP contribution in [0.4, 0.5) is 5.69 Å². The Morgan fingerprint density at radius 2 is 2.21 bits per heavy atom. The molecule has 1 aliphatic heterocycles. The van der Waals surface area contributed by atoms with Crippen LogP contribution < -0.4 is 4.90 Å². The van der Waals surface area contributed by atoms with E-state index in [0.717, 1.165) is 28.9 Å². The molecule has 0 bridgehead atoms. The predicted octanol–water partition coefficient (Wildman–Crippen LogP) is 2.24. The number of nitrogens with zero attached hydrogens (tertiary/aromatic N) is 2. The van der Waals surface area contributed by atoms with E-state index in [1.54, 1.807) is 18.0 Å². The second-order valence-corrected chi connectivity index (χ2v) is 5.62. The average Bonchev–Trinajstić information content (AvgIpc) is 2.46. The number of aromatic nitrogens is 1. The maximum atomic E-state index is 11.4. The Morgan fingerprint density at radius 1 is 1.37 bits per heavy atom. The summed E-state index contributed by atoms with van der Waals surface area (Å²) in [7, 11) is 0. The third-order valence-electron chi connectivity index (χ3n) is 3.35. The van der Waals surface area contributed by atoms with Crippen molar-refractivity contribution < 1.29 is 9.90 Å². The van der Waals surface area contributed by atoms with Crippen molar-refractivity contribution in [2.24, 2.45) is 0 Å². The van der Waals surface area contributed by atoms with Gasteiger partial charge in [0.2, 0.25) is 0 Å². The Morgan fingerprint density at radius 3 is 3.05 bits per heavy atom. The summed E-state index contributed by atoms with van der Waals surface area (Å²) in [5, 5.41) is 10.4. The van der Waals surface area contributed by atoms with Crippen LogP contribution in [0.2, 0.25) is 0 Å². The Hall–Kier alpha value is -1.75. The Labute approximate surface area is 115 Å². The first-order valence-electron chi connectivity index (χ1n) is 6.18. The maximum Gasteiger partial charge on any atom is 0.327 e. The van der Waals surface area contributed by atoms with Gasteiger partial charge in [-0.1, -0.05) is 18.2 Å². The lowest BCUT2D eigenvalue weighted by atomic mass is 10.1. The van der Waals surface area contributed by atoms with E-state index in [-0.39, 0.29) is 0 Å². The van der Waals surface area contributed by atoms with Gasteiger partial charge in [0.05, 0.1) is 5.52 Å². The van der Waals surface area contributed by atoms with Crippen LogP contribution in [-0.4, -0.2) is 40.2 Å². The molecule has 0 aliphatic carbocycles. The lowest BCUT2D eigenvalue weighted by Crippen LogP contribution is -2.47. The zero-order chi connectivity index (χ0) is 13.2. The number of hydrogen-bond donors (Lipinski definition) is 1. The van der Waals surface area contributed by atoms with Crippen LogP contribution in [0, 0.1) is 0 Å². The van der Waals surface area contributed by atoms with Crippen molar-refractivity contribution in [3.05, 3.63) is 36.5 Å². The van der Waals surface area contributed by atoms with Crippen LogP contribution >= 0.6 is 11.8 Å². The first kappa shape index (κ1) is 12.3. The molecular weight excluding hydrogens is 260 g/mol. The molecule has 1 aromatic heterocycles. The van der Waals surface area contributed by atoms with Crippen molar-refractivity contribution in [1.82, 2.24) is 4.98 Å². The SMILES string of the molecule is O=C(O)C1CSCCN1c1ccnc2ccccc12. The van der Waals surface area contributed by atoms with Gasteiger partial charge in [0.15, 0.2) is 0 Å². The predicted molar refractivity (Wildman–Crippen MR) is 77.8 cm³/mol. The summed E-state index contributed by atoms with van der Waals surface area (Å²) in [5.74, 6) is 0.833. The van der Waals surface area contributed by atoms with E-state index >= 15 is 0 Å². The monoisotopic (exact) mass is 274 g/mol. The summed E-state index contributed by atoms with van der Waals surface area (Å²) >= 11 is 1.70. The minimum Gasteiger partial charge on any atom is -0.480 e. The standard InChI is InChI=1S/C14H14N2O2S/c17-14(18)13-9-19-8-7-16(13)12-5-6-15-11-4-2-1-3-10(11)12/h1-6,13H,7-9H2,(H,17,18). The number of pyridine rings is 1. The molecule has 1 fully saturated rings. The Kier molecular flexibility index (Phi) is 3.29. The van der Waals surface area contributed by atoms with Crippen molar-refractivity contribution in [2.45, 2.75) is 6.04 Å². The lowest BCUT2D eigenvalue weighted by molar-refractivity contribution is -0.138. The van der Waals surface area contributed by atoms with Crippen LogP contribution in [0.3, 0.4) is 0 Å². The fraction of sp³-hybridized carbons (Fsp3) is 0.286. The number of fused-ring (bicyclic) bond motifs is 1. The van der Waals surface area contributed by atoms with Crippen molar-refractivity contribution in [2.75, 3.05) is 23.0 Å². The van der Waals surface area contributed by atoms with Gasteiger partial charge in [-0.25, -0.2) is 4.79 Å². The number of aliphatic carboxylic acids is 1. The summed E-state index contributed by atoms with van der Waals surface area (Å²) in [6, 6.07) is 9.31. The minimum atomic E-state index is -0.756. The van der Waals surface area contributed by atoms with Crippen LogP contribution in [0.1, 0.15) is 0 Å². The molecule has 4 nitrogen and oxygen atoms in total. The Bertz CT molecular complexity index is 612. The molecule has 98 valence electrons. The lowest BCUT2D eigenvalue weighted by Gasteiger charge is -2.35. The fourth-order valence-corrected chi connectivity index (χ4v) is 3.47. The highest BCUT2D eigenvalue weighted by Crippen LogP contribution is 2.30. The van der Waals surface area contributed by atoms with Crippen molar-refractivity contribution in [3.63, 3.8) is 0 Å². The Balaban J connectivity index is 2.09. The number of carbonyl (C=O) groups is 1. The number of carboxylic acids is 1. The largest absolute Gasteiger partial charge is 0.480 e. The van der Waals surface area contributed by atoms with Crippen molar-refractivity contribution >= 4 is 34.3 Å². The second-order valence-electron chi connectivity index (χ2n) is 4.47. The van der Waals surface area contributed by atoms with E-state index < -0.39 is 12.0 Å². The third kappa shape index (κ3) is 2.26. The molecular formula is C14H14N2O2S. The molecule has 0 amide bonds. The van der Waals surface area contributed by atoms with Crippen LogP contribution in [0.25, 0.3) is 10.9 Å². The molecule has 5 heteroatoms. The van der Waals surface area contributed by atoms with Gasteiger partial charge in [-0.15, -0.1) is 0 Å². The van der Waals surface area contributed by atoms with Crippen LogP contribution in [-0.2, 0) is 4.79 Å². The summed E-state index contributed by atoms with van der Waals surface area (Å²) in [6.45, 7) is 0.760. The second kappa shape index (κ2) is 5.09. The molecule has 2 heterocycles. The summed E-state index contributed by atoms with van der Waals surface area (Å²) < 4.78 is 0. The molecule has 0 spiro atoms. The third-order valence-corrected chi connectivity index (χ3v) is 4.37. The number of rotatable bonds is 2. The first-order valence-corrected chi connectivity index (χ1v) is 7.34. The van der Waals surface area contributed by atoms with Gasteiger partial charge in [-0.3, -0.25) is 4.98 Å². The molecule has 0 radical (unpaired) electrons. The van der Waals surface area contributed by atoms with Gasteiger partial charge in [-0.2, -0.15) is 11.8 Å². The summed E-state index contributed by atoms with van der Waals surface area (Å²) in [5.41, 5.74) is 1.88. The van der Waals surface area contributed by atoms with Gasteiger partial charge in [0.25, 0.3) is 0 Å². The topological polar surface area (TPSA) is 53.4 Å². The van der Waals surface area contributed by atoms with E-state index in [9.17, 15) is 9.90 Å². The molecule has 3 rings (SSSR count). The molecule has 19 heavy (non-hydrogen) atoms. The van der Waals surface area contributed by atoms with Crippen molar-refractivity contribution in [1.29, 1.82) is 0 Å². The van der Waals surface area contributed by atoms with Crippen molar-refractivity contribution in [3.8, 4) is 0 Å². The molecule has 1 N–H and O–H groups in total. The number of para-hydroxylation sites is 1. The highest BCUT2D eigenvalue weighted by atomic mass is 32.2. The van der Waals surface area contributed by atoms with E-state index in [0.29, 0.717) is 5.75 Å². The van der Waals surface area contributed by atoms with Crippen LogP contribution in [0.5, 0.6) is 0 Å². The highest BCUT2D eigenvalue weighted by Gasteiger charge is 2.29. The van der Waals surface area contributed by atoms with Gasteiger partial charge in [-0.05, 0) is 12.1 Å². The van der Waals surface area contributed by atoms with E-state index in [4.69, 9.17) is 0 Å². The van der Waals surface area contributed by atoms with E-state index in [1.807, 2.05) is 35.2 Å². The number of anilines is 1. The van der Waals surface area contributed by atoms with Gasteiger partial charge < -0.3 is 10.0 Å². The van der Waals surface area contributed by atoms with Crippen LogP contribution in [0.15, 0.2) is 36.5 Å². The highest BCUT2D eigenvalue weighted by molar-refractivity contribution is 7.99. The fourth-order valence-electron chi connectivity index (χ4n) is 2.43. The molecule has 1 aliphatic rings. The molecule has 1 saturated heterocycles. The molecule has 2 aromatic rings. The van der Waals surface area contributed by atoms with Gasteiger partial charge in [0.1, 0.15) is 6.04 Å². The van der Waals surface area contributed by atoms with Gasteiger partial charge in [0, 0.05) is 35.3 Å². The maximum absolute atomic E-state index is 11.4. The zero-order valence-electron chi connectivity index (χ0n) is 10.3. The minimum absolute atomic E-state index is 0.454. The number of thioether (sulfide) groups is 1. The van der Waals surface area contributed by atoms with E-state index in [1.165, 1.54) is 0 Å². The normalized spacial score (nSPS) is 19.6.